The van der Waals surface area contributed by atoms with E-state index in [1.807, 2.05) is 0 Å². The lowest BCUT2D eigenvalue weighted by Gasteiger charge is -2.08. The van der Waals surface area contributed by atoms with Gasteiger partial charge in [-0.05, 0) is 23.6 Å². The molecule has 3 aromatic rings. The second-order valence-corrected chi connectivity index (χ2v) is 4.56. The molecule has 0 aliphatic rings. The maximum absolute atomic E-state index is 12.6. The molecule has 1 heterocycles. The van der Waals surface area contributed by atoms with Crippen LogP contribution in [0, 0.1) is 0 Å². The largest absolute Gasteiger partial charge is 0.478 e. The fourth-order valence-electron chi connectivity index (χ4n) is 2.34. The van der Waals surface area contributed by atoms with E-state index in [0.717, 1.165) is 5.39 Å². The van der Waals surface area contributed by atoms with Crippen molar-refractivity contribution < 1.29 is 14.7 Å². The zero-order chi connectivity index (χ0) is 14.8. The quantitative estimate of drug-likeness (QED) is 0.747. The number of hydrogen-bond acceptors (Lipinski definition) is 3. The highest BCUT2D eigenvalue weighted by Gasteiger charge is 2.18. The van der Waals surface area contributed by atoms with Crippen LogP contribution in [0.3, 0.4) is 0 Å². The van der Waals surface area contributed by atoms with Gasteiger partial charge in [0, 0.05) is 17.1 Å². The van der Waals surface area contributed by atoms with Gasteiger partial charge in [0.15, 0.2) is 0 Å². The predicted molar refractivity (Wildman–Crippen MR) is 78.6 cm³/mol. The third-order valence-corrected chi connectivity index (χ3v) is 3.28. The van der Waals surface area contributed by atoms with Gasteiger partial charge < -0.3 is 5.11 Å². The first-order valence-corrected chi connectivity index (χ1v) is 6.39. The van der Waals surface area contributed by atoms with Crippen LogP contribution in [-0.4, -0.2) is 21.8 Å². The molecule has 0 radical (unpaired) electrons. The Balaban J connectivity index is 2.28. The zero-order valence-electron chi connectivity index (χ0n) is 11.0. The van der Waals surface area contributed by atoms with E-state index in [2.05, 4.69) is 4.98 Å². The van der Waals surface area contributed by atoms with Gasteiger partial charge in [-0.1, -0.05) is 36.4 Å². The molecule has 1 N–H and O–H groups in total. The highest BCUT2D eigenvalue weighted by atomic mass is 16.4. The number of pyridine rings is 1. The van der Waals surface area contributed by atoms with E-state index in [1.54, 1.807) is 48.5 Å². The summed E-state index contributed by atoms with van der Waals surface area (Å²) < 4.78 is 0. The van der Waals surface area contributed by atoms with Gasteiger partial charge in [-0.2, -0.15) is 0 Å². The molecule has 0 bridgehead atoms. The number of carbonyl (C=O) groups excluding carboxylic acids is 1. The van der Waals surface area contributed by atoms with E-state index in [-0.39, 0.29) is 11.3 Å². The van der Waals surface area contributed by atoms with E-state index >= 15 is 0 Å². The van der Waals surface area contributed by atoms with Crippen molar-refractivity contribution in [2.75, 3.05) is 0 Å². The van der Waals surface area contributed by atoms with Gasteiger partial charge in [0.2, 0.25) is 5.78 Å². The van der Waals surface area contributed by atoms with Gasteiger partial charge in [-0.15, -0.1) is 0 Å². The van der Waals surface area contributed by atoms with Crippen molar-refractivity contribution in [3.8, 4) is 0 Å². The molecule has 2 aromatic carbocycles. The van der Waals surface area contributed by atoms with Crippen LogP contribution in [0.25, 0.3) is 10.8 Å². The highest BCUT2D eigenvalue weighted by molar-refractivity contribution is 6.19. The summed E-state index contributed by atoms with van der Waals surface area (Å²) in [5.41, 5.74) is 0.766. The van der Waals surface area contributed by atoms with Crippen LogP contribution in [0.15, 0.2) is 60.8 Å². The lowest BCUT2D eigenvalue weighted by Crippen LogP contribution is -2.07. The summed E-state index contributed by atoms with van der Waals surface area (Å²) >= 11 is 0. The van der Waals surface area contributed by atoms with Gasteiger partial charge in [-0.25, -0.2) is 4.79 Å². The maximum atomic E-state index is 12.6. The number of rotatable bonds is 3. The Labute approximate surface area is 120 Å². The lowest BCUT2D eigenvalue weighted by atomic mass is 9.95. The molecule has 0 atom stereocenters. The summed E-state index contributed by atoms with van der Waals surface area (Å²) in [6.07, 6.45) is 1.54. The molecule has 21 heavy (non-hydrogen) atoms. The van der Waals surface area contributed by atoms with E-state index in [4.69, 9.17) is 0 Å². The average Bonchev–Trinajstić information content (AvgIpc) is 2.53. The summed E-state index contributed by atoms with van der Waals surface area (Å²) in [7, 11) is 0. The molecule has 4 nitrogen and oxygen atoms in total. The van der Waals surface area contributed by atoms with E-state index in [1.165, 1.54) is 12.3 Å². The number of aromatic carboxylic acids is 1. The molecule has 0 aliphatic heterocycles. The maximum Gasteiger partial charge on any atom is 0.336 e. The molecule has 4 heteroatoms. The van der Waals surface area contributed by atoms with Crippen molar-refractivity contribution in [3.63, 3.8) is 0 Å². The third kappa shape index (κ3) is 2.27. The van der Waals surface area contributed by atoms with Gasteiger partial charge in [0.1, 0.15) is 5.69 Å². The average molecular weight is 277 g/mol. The minimum atomic E-state index is -1.05. The second kappa shape index (κ2) is 5.17. The second-order valence-electron chi connectivity index (χ2n) is 4.56. The zero-order valence-corrected chi connectivity index (χ0v) is 11.0. The number of aromatic nitrogens is 1. The molecule has 1 aromatic heterocycles. The molecule has 0 unspecified atom stereocenters. The number of ketones is 1. The Morgan fingerprint density at radius 3 is 2.19 bits per heavy atom. The smallest absolute Gasteiger partial charge is 0.336 e. The number of carboxylic acid groups (broad SMARTS) is 1. The van der Waals surface area contributed by atoms with Crippen LogP contribution >= 0.6 is 0 Å². The number of nitrogens with zero attached hydrogens (tertiary/aromatic N) is 1. The molecule has 3 rings (SSSR count). The van der Waals surface area contributed by atoms with Crippen LogP contribution in [0.4, 0.5) is 0 Å². The topological polar surface area (TPSA) is 67.3 Å². The third-order valence-electron chi connectivity index (χ3n) is 3.28. The highest BCUT2D eigenvalue weighted by Crippen LogP contribution is 2.25. The summed E-state index contributed by atoms with van der Waals surface area (Å²) in [6.45, 7) is 0. The molecule has 0 amide bonds. The predicted octanol–water partition coefficient (Wildman–Crippen LogP) is 3.16. The summed E-state index contributed by atoms with van der Waals surface area (Å²) in [6, 6.07) is 15.2. The number of hydrogen-bond donors (Lipinski definition) is 1. The SMILES string of the molecule is O=C(O)c1cccc2cccc(C(=O)c3ccccn3)c12. The summed E-state index contributed by atoms with van der Waals surface area (Å²) in [4.78, 5) is 28.0. The van der Waals surface area contributed by atoms with E-state index < -0.39 is 5.97 Å². The van der Waals surface area contributed by atoms with Crippen molar-refractivity contribution in [2.24, 2.45) is 0 Å². The molecule has 0 spiro atoms. The Morgan fingerprint density at radius 2 is 1.57 bits per heavy atom. The van der Waals surface area contributed by atoms with Crippen molar-refractivity contribution in [2.45, 2.75) is 0 Å². The lowest BCUT2D eigenvalue weighted by molar-refractivity contribution is 0.0699. The minimum absolute atomic E-state index is 0.118. The first kappa shape index (κ1) is 13.0. The number of carbonyl (C=O) groups is 2. The van der Waals surface area contributed by atoms with Crippen LogP contribution in [0.1, 0.15) is 26.4 Å². The first-order valence-electron chi connectivity index (χ1n) is 6.39. The molecule has 0 fully saturated rings. The van der Waals surface area contributed by atoms with Gasteiger partial charge in [0.05, 0.1) is 5.56 Å². The fourth-order valence-corrected chi connectivity index (χ4v) is 2.34. The fraction of sp³-hybridized carbons (Fsp3) is 0. The first-order chi connectivity index (χ1) is 10.2. The van der Waals surface area contributed by atoms with Crippen LogP contribution in [0.2, 0.25) is 0 Å². The summed E-state index contributed by atoms with van der Waals surface area (Å²) in [5.74, 6) is -1.34. The monoisotopic (exact) mass is 277 g/mol. The van der Waals surface area contributed by atoms with Crippen molar-refractivity contribution in [3.05, 3.63) is 77.6 Å². The molecule has 0 saturated carbocycles. The van der Waals surface area contributed by atoms with Crippen LogP contribution < -0.4 is 0 Å². The summed E-state index contributed by atoms with van der Waals surface area (Å²) in [5, 5.41) is 10.5. The standard InChI is InChI=1S/C17H11NO3/c19-16(14-9-1-2-10-18-14)12-7-3-5-11-6-4-8-13(15(11)12)17(20)21/h1-10H,(H,20,21). The number of carboxylic acids is 1. The Morgan fingerprint density at radius 1 is 0.857 bits per heavy atom. The van der Waals surface area contributed by atoms with E-state index in [0.29, 0.717) is 16.6 Å². The molecule has 0 saturated heterocycles. The van der Waals surface area contributed by atoms with Crippen molar-refractivity contribution >= 4 is 22.5 Å². The Kier molecular flexibility index (Phi) is 3.20. The van der Waals surface area contributed by atoms with Crippen molar-refractivity contribution in [1.82, 2.24) is 4.98 Å². The minimum Gasteiger partial charge on any atom is -0.478 e. The molecular formula is C17H11NO3. The number of fused-ring (bicyclic) bond motifs is 1. The van der Waals surface area contributed by atoms with Crippen LogP contribution in [-0.2, 0) is 0 Å². The Hall–Kier alpha value is -3.01. The number of benzene rings is 2. The van der Waals surface area contributed by atoms with Crippen molar-refractivity contribution in [1.29, 1.82) is 0 Å². The van der Waals surface area contributed by atoms with Gasteiger partial charge in [0.25, 0.3) is 0 Å². The molecule has 102 valence electrons. The Bertz CT molecular complexity index is 836. The normalized spacial score (nSPS) is 10.5. The van der Waals surface area contributed by atoms with Gasteiger partial charge in [-0.3, -0.25) is 9.78 Å². The van der Waals surface area contributed by atoms with Crippen LogP contribution in [0.5, 0.6) is 0 Å². The molecular weight excluding hydrogens is 266 g/mol. The van der Waals surface area contributed by atoms with E-state index in [9.17, 15) is 14.7 Å². The van der Waals surface area contributed by atoms with Gasteiger partial charge >= 0.3 is 5.97 Å². The molecule has 0 aliphatic carbocycles.